The van der Waals surface area contributed by atoms with E-state index in [1.807, 2.05) is 30.8 Å². The first-order valence-electron chi connectivity index (χ1n) is 6.38. The third kappa shape index (κ3) is 3.34. The van der Waals surface area contributed by atoms with Crippen molar-refractivity contribution in [3.05, 3.63) is 23.5 Å². The summed E-state index contributed by atoms with van der Waals surface area (Å²) in [5.41, 5.74) is 1.82. The van der Waals surface area contributed by atoms with Crippen LogP contribution in [0.5, 0.6) is 0 Å². The van der Waals surface area contributed by atoms with Crippen LogP contribution in [0.1, 0.15) is 16.1 Å². The fourth-order valence-corrected chi connectivity index (χ4v) is 2.20. The number of morpholine rings is 1. The topological polar surface area (TPSA) is 46.5 Å². The summed E-state index contributed by atoms with van der Waals surface area (Å²) < 4.78 is 7.14. The summed E-state index contributed by atoms with van der Waals surface area (Å²) in [5.74, 6) is -0.00106. The van der Waals surface area contributed by atoms with E-state index in [1.165, 1.54) is 0 Å². The molecule has 0 saturated carbocycles. The molecule has 0 radical (unpaired) electrons. The lowest BCUT2D eigenvalue weighted by atomic mass is 10.3. The van der Waals surface area contributed by atoms with Crippen LogP contribution in [0.2, 0.25) is 0 Å². The predicted molar refractivity (Wildman–Crippen MR) is 69.7 cm³/mol. The van der Waals surface area contributed by atoms with E-state index >= 15 is 0 Å². The van der Waals surface area contributed by atoms with Crippen molar-refractivity contribution in [1.82, 2.24) is 14.8 Å². The van der Waals surface area contributed by atoms with Crippen molar-refractivity contribution in [2.24, 2.45) is 7.05 Å². The average molecular weight is 251 g/mol. The molecule has 0 aliphatic carbocycles. The maximum Gasteiger partial charge on any atom is 0.267 e. The molecular weight excluding hydrogens is 230 g/mol. The molecule has 0 unspecified atom stereocenters. The molecule has 1 aliphatic rings. The SMILES string of the molecule is Cc1cc(C(=O)NCCN2CCOCC2)n(C)c1. The van der Waals surface area contributed by atoms with Crippen molar-refractivity contribution in [2.45, 2.75) is 6.92 Å². The van der Waals surface area contributed by atoms with Crippen molar-refractivity contribution in [3.63, 3.8) is 0 Å². The molecule has 1 saturated heterocycles. The van der Waals surface area contributed by atoms with E-state index < -0.39 is 0 Å². The van der Waals surface area contributed by atoms with E-state index in [0.717, 1.165) is 44.1 Å². The fraction of sp³-hybridized carbons (Fsp3) is 0.615. The van der Waals surface area contributed by atoms with Gasteiger partial charge in [0.05, 0.1) is 13.2 Å². The highest BCUT2D eigenvalue weighted by molar-refractivity contribution is 5.92. The maximum atomic E-state index is 11.9. The molecule has 0 aromatic carbocycles. The van der Waals surface area contributed by atoms with Crippen LogP contribution in [0.4, 0.5) is 0 Å². The third-order valence-electron chi connectivity index (χ3n) is 3.19. The predicted octanol–water partition coefficient (Wildman–Crippen LogP) is 0.396. The minimum absolute atomic E-state index is 0.00106. The van der Waals surface area contributed by atoms with Crippen LogP contribution in [-0.4, -0.2) is 54.8 Å². The first-order chi connectivity index (χ1) is 8.66. The van der Waals surface area contributed by atoms with E-state index in [1.54, 1.807) is 0 Å². The van der Waals surface area contributed by atoms with Crippen LogP contribution in [0, 0.1) is 6.92 Å². The lowest BCUT2D eigenvalue weighted by Gasteiger charge is -2.26. The van der Waals surface area contributed by atoms with Crippen LogP contribution >= 0.6 is 0 Å². The molecule has 2 rings (SSSR count). The number of aromatic nitrogens is 1. The van der Waals surface area contributed by atoms with Crippen LogP contribution in [-0.2, 0) is 11.8 Å². The molecule has 1 fully saturated rings. The van der Waals surface area contributed by atoms with Gasteiger partial charge in [0.25, 0.3) is 5.91 Å². The minimum Gasteiger partial charge on any atom is -0.379 e. The second-order valence-electron chi connectivity index (χ2n) is 4.72. The van der Waals surface area contributed by atoms with Crippen molar-refractivity contribution >= 4 is 5.91 Å². The van der Waals surface area contributed by atoms with E-state index in [0.29, 0.717) is 6.54 Å². The molecule has 5 nitrogen and oxygen atoms in total. The van der Waals surface area contributed by atoms with Crippen molar-refractivity contribution in [1.29, 1.82) is 0 Å². The number of rotatable bonds is 4. The number of hydrogen-bond donors (Lipinski definition) is 1. The Kier molecular flexibility index (Phi) is 4.38. The Hall–Kier alpha value is -1.33. The molecule has 1 amide bonds. The van der Waals surface area contributed by atoms with E-state index in [-0.39, 0.29) is 5.91 Å². The maximum absolute atomic E-state index is 11.9. The van der Waals surface area contributed by atoms with Gasteiger partial charge in [0, 0.05) is 39.4 Å². The van der Waals surface area contributed by atoms with Gasteiger partial charge in [-0.15, -0.1) is 0 Å². The Bertz CT molecular complexity index is 408. The lowest BCUT2D eigenvalue weighted by molar-refractivity contribution is 0.0383. The zero-order valence-corrected chi connectivity index (χ0v) is 11.1. The van der Waals surface area contributed by atoms with Gasteiger partial charge in [0.2, 0.25) is 0 Å². The molecule has 1 aromatic rings. The van der Waals surface area contributed by atoms with Gasteiger partial charge in [-0.25, -0.2) is 0 Å². The Morgan fingerprint density at radius 3 is 2.78 bits per heavy atom. The summed E-state index contributed by atoms with van der Waals surface area (Å²) >= 11 is 0. The first kappa shape index (κ1) is 13.1. The van der Waals surface area contributed by atoms with E-state index in [2.05, 4.69) is 10.2 Å². The summed E-state index contributed by atoms with van der Waals surface area (Å²) in [7, 11) is 1.89. The van der Waals surface area contributed by atoms with Gasteiger partial charge in [-0.05, 0) is 18.6 Å². The Balaban J connectivity index is 1.76. The Morgan fingerprint density at radius 2 is 2.17 bits per heavy atom. The van der Waals surface area contributed by atoms with Gasteiger partial charge in [0.15, 0.2) is 0 Å². The number of hydrogen-bond acceptors (Lipinski definition) is 3. The van der Waals surface area contributed by atoms with E-state index in [9.17, 15) is 4.79 Å². The Morgan fingerprint density at radius 1 is 1.44 bits per heavy atom. The number of nitrogens with zero attached hydrogens (tertiary/aromatic N) is 2. The van der Waals surface area contributed by atoms with Gasteiger partial charge in [-0.2, -0.15) is 0 Å². The van der Waals surface area contributed by atoms with Crippen molar-refractivity contribution < 1.29 is 9.53 Å². The minimum atomic E-state index is -0.00106. The standard InChI is InChI=1S/C13H21N3O2/c1-11-9-12(15(2)10-11)13(17)14-3-4-16-5-7-18-8-6-16/h9-10H,3-8H2,1-2H3,(H,14,17). The first-order valence-corrected chi connectivity index (χ1v) is 6.38. The fourth-order valence-electron chi connectivity index (χ4n) is 2.20. The smallest absolute Gasteiger partial charge is 0.267 e. The normalized spacial score (nSPS) is 16.8. The molecule has 18 heavy (non-hydrogen) atoms. The summed E-state index contributed by atoms with van der Waals surface area (Å²) in [6.07, 6.45) is 1.96. The summed E-state index contributed by atoms with van der Waals surface area (Å²) in [6, 6.07) is 1.91. The zero-order valence-electron chi connectivity index (χ0n) is 11.1. The summed E-state index contributed by atoms with van der Waals surface area (Å²) in [5, 5.41) is 2.96. The number of carbonyl (C=O) groups excluding carboxylic acids is 1. The molecule has 100 valence electrons. The van der Waals surface area contributed by atoms with Crippen LogP contribution in [0.25, 0.3) is 0 Å². The molecule has 1 aromatic heterocycles. The second-order valence-corrected chi connectivity index (χ2v) is 4.72. The van der Waals surface area contributed by atoms with Crippen LogP contribution in [0.15, 0.2) is 12.3 Å². The van der Waals surface area contributed by atoms with Gasteiger partial charge < -0.3 is 14.6 Å². The summed E-state index contributed by atoms with van der Waals surface area (Å²) in [6.45, 7) is 7.07. The largest absolute Gasteiger partial charge is 0.379 e. The molecule has 5 heteroatoms. The lowest BCUT2D eigenvalue weighted by Crippen LogP contribution is -2.41. The number of amides is 1. The molecule has 1 aliphatic heterocycles. The monoisotopic (exact) mass is 251 g/mol. The number of ether oxygens (including phenoxy) is 1. The highest BCUT2D eigenvalue weighted by Crippen LogP contribution is 2.05. The molecule has 1 N–H and O–H groups in total. The average Bonchev–Trinajstić information content (AvgIpc) is 2.70. The summed E-state index contributed by atoms with van der Waals surface area (Å²) in [4.78, 5) is 14.3. The molecule has 0 atom stereocenters. The van der Waals surface area contributed by atoms with E-state index in [4.69, 9.17) is 4.74 Å². The molecule has 0 spiro atoms. The third-order valence-corrected chi connectivity index (χ3v) is 3.19. The van der Waals surface area contributed by atoms with Crippen LogP contribution < -0.4 is 5.32 Å². The van der Waals surface area contributed by atoms with Gasteiger partial charge in [0.1, 0.15) is 5.69 Å². The van der Waals surface area contributed by atoms with Crippen molar-refractivity contribution in [3.8, 4) is 0 Å². The number of carbonyl (C=O) groups is 1. The van der Waals surface area contributed by atoms with Crippen LogP contribution in [0.3, 0.4) is 0 Å². The van der Waals surface area contributed by atoms with Gasteiger partial charge in [-0.1, -0.05) is 0 Å². The molecule has 0 bridgehead atoms. The quantitative estimate of drug-likeness (QED) is 0.842. The van der Waals surface area contributed by atoms with Gasteiger partial charge >= 0.3 is 0 Å². The van der Waals surface area contributed by atoms with Gasteiger partial charge in [-0.3, -0.25) is 9.69 Å². The highest BCUT2D eigenvalue weighted by Gasteiger charge is 2.12. The highest BCUT2D eigenvalue weighted by atomic mass is 16.5. The number of aryl methyl sites for hydroxylation is 2. The van der Waals surface area contributed by atoms with Crippen molar-refractivity contribution in [2.75, 3.05) is 39.4 Å². The zero-order chi connectivity index (χ0) is 13.0. The Labute approximate surface area is 108 Å². The second kappa shape index (κ2) is 6.02. The molecular formula is C13H21N3O2. The number of nitrogens with one attached hydrogen (secondary N) is 1. The molecule has 2 heterocycles.